The summed E-state index contributed by atoms with van der Waals surface area (Å²) in [4.78, 5) is 15.7. The number of aromatic nitrogens is 1. The van der Waals surface area contributed by atoms with Crippen molar-refractivity contribution in [1.82, 2.24) is 4.98 Å². The van der Waals surface area contributed by atoms with E-state index in [4.69, 9.17) is 0 Å². The quantitative estimate of drug-likeness (QED) is 0.684. The maximum absolute atomic E-state index is 11.8. The molecule has 0 N–H and O–H groups in total. The number of Topliss-reactive ketones (excluding diaryl/α,β-unsaturated/α-hetero) is 1. The van der Waals surface area contributed by atoms with Crippen LogP contribution < -0.4 is 0 Å². The van der Waals surface area contributed by atoms with Crippen LogP contribution in [0.2, 0.25) is 0 Å². The fraction of sp³-hybridized carbons (Fsp3) is 0.500. The van der Waals surface area contributed by atoms with Gasteiger partial charge in [-0.05, 0) is 18.1 Å². The number of carbonyl (C=O) groups is 1. The van der Waals surface area contributed by atoms with Crippen LogP contribution in [0.5, 0.6) is 0 Å². The molecule has 0 atom stereocenters. The summed E-state index contributed by atoms with van der Waals surface area (Å²) in [7, 11) is 0. The Morgan fingerprint density at radius 2 is 2.21 bits per heavy atom. The molecule has 0 spiro atoms. The first-order valence-corrected chi connectivity index (χ1v) is 5.29. The Balaban J connectivity index is 1.95. The van der Waals surface area contributed by atoms with Gasteiger partial charge in [0.1, 0.15) is 0 Å². The molecule has 74 valence electrons. The monoisotopic (exact) mass is 189 g/mol. The number of rotatable bonds is 3. The molecule has 1 heterocycles. The lowest BCUT2D eigenvalue weighted by Crippen LogP contribution is -2.05. The summed E-state index contributed by atoms with van der Waals surface area (Å²) in [6, 6.07) is 3.67. The van der Waals surface area contributed by atoms with Crippen LogP contribution >= 0.6 is 0 Å². The van der Waals surface area contributed by atoms with Crippen LogP contribution in [0.15, 0.2) is 24.5 Å². The molecule has 1 aliphatic rings. The van der Waals surface area contributed by atoms with Gasteiger partial charge in [-0.1, -0.05) is 25.7 Å². The van der Waals surface area contributed by atoms with Gasteiger partial charge in [0.15, 0.2) is 5.78 Å². The van der Waals surface area contributed by atoms with Crippen LogP contribution in [0.4, 0.5) is 0 Å². The molecule has 1 saturated carbocycles. The van der Waals surface area contributed by atoms with Gasteiger partial charge in [0.2, 0.25) is 0 Å². The third-order valence-corrected chi connectivity index (χ3v) is 2.93. The molecule has 2 rings (SSSR count). The number of hydrogen-bond donors (Lipinski definition) is 0. The maximum Gasteiger partial charge on any atom is 0.164 e. The van der Waals surface area contributed by atoms with Crippen LogP contribution in [-0.4, -0.2) is 10.8 Å². The van der Waals surface area contributed by atoms with Crippen molar-refractivity contribution in [3.05, 3.63) is 30.1 Å². The van der Waals surface area contributed by atoms with Crippen molar-refractivity contribution in [1.29, 1.82) is 0 Å². The van der Waals surface area contributed by atoms with E-state index in [1.807, 2.05) is 12.1 Å². The molecule has 0 saturated heterocycles. The van der Waals surface area contributed by atoms with Crippen LogP contribution in [0.25, 0.3) is 0 Å². The van der Waals surface area contributed by atoms with E-state index in [0.717, 1.165) is 5.56 Å². The molecule has 1 aliphatic carbocycles. The van der Waals surface area contributed by atoms with Gasteiger partial charge in [-0.3, -0.25) is 9.78 Å². The SMILES string of the molecule is O=C(CC1CCCC1)c1cccnc1. The highest BCUT2D eigenvalue weighted by molar-refractivity contribution is 5.95. The maximum atomic E-state index is 11.8. The van der Waals surface area contributed by atoms with E-state index < -0.39 is 0 Å². The first kappa shape index (κ1) is 9.38. The fourth-order valence-corrected chi connectivity index (χ4v) is 2.12. The van der Waals surface area contributed by atoms with Gasteiger partial charge in [-0.2, -0.15) is 0 Å². The van der Waals surface area contributed by atoms with Gasteiger partial charge in [0.25, 0.3) is 0 Å². The number of pyridine rings is 1. The predicted octanol–water partition coefficient (Wildman–Crippen LogP) is 2.84. The lowest BCUT2D eigenvalue weighted by atomic mass is 9.98. The van der Waals surface area contributed by atoms with Crippen LogP contribution in [0.3, 0.4) is 0 Å². The largest absolute Gasteiger partial charge is 0.294 e. The molecule has 1 aromatic rings. The van der Waals surface area contributed by atoms with E-state index in [2.05, 4.69) is 4.98 Å². The van der Waals surface area contributed by atoms with Gasteiger partial charge in [0.05, 0.1) is 0 Å². The number of hydrogen-bond acceptors (Lipinski definition) is 2. The molecule has 14 heavy (non-hydrogen) atoms. The van der Waals surface area contributed by atoms with Crippen molar-refractivity contribution < 1.29 is 4.79 Å². The Morgan fingerprint density at radius 3 is 2.86 bits per heavy atom. The standard InChI is InChI=1S/C12H15NO/c14-12(8-10-4-1-2-5-10)11-6-3-7-13-9-11/h3,6-7,9-10H,1-2,4-5,8H2. The van der Waals surface area contributed by atoms with Crippen molar-refractivity contribution >= 4 is 5.78 Å². The molecule has 1 aromatic heterocycles. The minimum Gasteiger partial charge on any atom is -0.294 e. The lowest BCUT2D eigenvalue weighted by molar-refractivity contribution is 0.0962. The van der Waals surface area contributed by atoms with E-state index in [0.29, 0.717) is 12.3 Å². The number of nitrogens with zero attached hydrogens (tertiary/aromatic N) is 1. The summed E-state index contributed by atoms with van der Waals surface area (Å²) in [5.41, 5.74) is 0.763. The Morgan fingerprint density at radius 1 is 1.43 bits per heavy atom. The van der Waals surface area contributed by atoms with E-state index in [1.54, 1.807) is 12.4 Å². The van der Waals surface area contributed by atoms with Gasteiger partial charge in [0, 0.05) is 24.4 Å². The summed E-state index contributed by atoms with van der Waals surface area (Å²) < 4.78 is 0. The molecule has 0 amide bonds. The molecule has 0 unspecified atom stereocenters. The van der Waals surface area contributed by atoms with Crippen LogP contribution in [0, 0.1) is 5.92 Å². The molecular weight excluding hydrogens is 174 g/mol. The lowest BCUT2D eigenvalue weighted by Gasteiger charge is -2.06. The van der Waals surface area contributed by atoms with Crippen molar-refractivity contribution in [2.24, 2.45) is 5.92 Å². The molecule has 0 bridgehead atoms. The van der Waals surface area contributed by atoms with Crippen molar-refractivity contribution in [2.45, 2.75) is 32.1 Å². The molecule has 0 aliphatic heterocycles. The topological polar surface area (TPSA) is 30.0 Å². The van der Waals surface area contributed by atoms with Gasteiger partial charge < -0.3 is 0 Å². The minimum absolute atomic E-state index is 0.255. The van der Waals surface area contributed by atoms with Crippen LogP contribution in [-0.2, 0) is 0 Å². The van der Waals surface area contributed by atoms with E-state index in [9.17, 15) is 4.79 Å². The second-order valence-corrected chi connectivity index (χ2v) is 4.02. The molecule has 2 nitrogen and oxygen atoms in total. The molecular formula is C12H15NO. The molecule has 1 fully saturated rings. The molecule has 2 heteroatoms. The van der Waals surface area contributed by atoms with Crippen molar-refractivity contribution in [3.8, 4) is 0 Å². The average Bonchev–Trinajstić information content (AvgIpc) is 2.72. The Kier molecular flexibility index (Phi) is 2.92. The predicted molar refractivity (Wildman–Crippen MR) is 55.1 cm³/mol. The summed E-state index contributed by atoms with van der Waals surface area (Å²) in [6.45, 7) is 0. The number of ketones is 1. The molecule has 0 radical (unpaired) electrons. The van der Waals surface area contributed by atoms with Gasteiger partial charge in [-0.25, -0.2) is 0 Å². The average molecular weight is 189 g/mol. The zero-order valence-corrected chi connectivity index (χ0v) is 8.28. The van der Waals surface area contributed by atoms with E-state index in [-0.39, 0.29) is 5.78 Å². The Bertz CT molecular complexity index is 301. The van der Waals surface area contributed by atoms with Gasteiger partial charge in [-0.15, -0.1) is 0 Å². The molecule has 0 aromatic carbocycles. The van der Waals surface area contributed by atoms with E-state index in [1.165, 1.54) is 25.7 Å². The zero-order valence-electron chi connectivity index (χ0n) is 8.28. The van der Waals surface area contributed by atoms with Crippen LogP contribution in [0.1, 0.15) is 42.5 Å². The first-order chi connectivity index (χ1) is 6.86. The van der Waals surface area contributed by atoms with Crippen molar-refractivity contribution in [2.75, 3.05) is 0 Å². The Hall–Kier alpha value is -1.18. The summed E-state index contributed by atoms with van der Waals surface area (Å²) in [5, 5.41) is 0. The highest BCUT2D eigenvalue weighted by Crippen LogP contribution is 2.28. The normalized spacial score (nSPS) is 17.1. The Labute approximate surface area is 84.4 Å². The second-order valence-electron chi connectivity index (χ2n) is 4.02. The second kappa shape index (κ2) is 4.36. The number of carbonyl (C=O) groups excluding carboxylic acids is 1. The third-order valence-electron chi connectivity index (χ3n) is 2.93. The summed E-state index contributed by atoms with van der Waals surface area (Å²) in [5.74, 6) is 0.882. The first-order valence-electron chi connectivity index (χ1n) is 5.29. The summed E-state index contributed by atoms with van der Waals surface area (Å²) in [6.07, 6.45) is 9.13. The van der Waals surface area contributed by atoms with Gasteiger partial charge >= 0.3 is 0 Å². The highest BCUT2D eigenvalue weighted by Gasteiger charge is 2.18. The zero-order chi connectivity index (χ0) is 9.80. The minimum atomic E-state index is 0.255. The smallest absolute Gasteiger partial charge is 0.164 e. The van der Waals surface area contributed by atoms with Crippen molar-refractivity contribution in [3.63, 3.8) is 0 Å². The summed E-state index contributed by atoms with van der Waals surface area (Å²) >= 11 is 0. The fourth-order valence-electron chi connectivity index (χ4n) is 2.12. The third kappa shape index (κ3) is 2.19. The highest BCUT2D eigenvalue weighted by atomic mass is 16.1. The van der Waals surface area contributed by atoms with E-state index >= 15 is 0 Å².